The van der Waals surface area contributed by atoms with Crippen LogP contribution < -0.4 is 10.2 Å². The van der Waals surface area contributed by atoms with Gasteiger partial charge in [0.25, 0.3) is 5.91 Å². The predicted molar refractivity (Wildman–Crippen MR) is 138 cm³/mol. The molecule has 0 spiro atoms. The van der Waals surface area contributed by atoms with Crippen LogP contribution in [-0.2, 0) is 14.6 Å². The molecular formula is C27H29N3O4S. The first-order chi connectivity index (χ1) is 16.7. The van der Waals surface area contributed by atoms with Crippen LogP contribution in [0, 0.1) is 13.8 Å². The molecule has 2 amide bonds. The number of benzene rings is 3. The molecule has 1 aliphatic rings. The molecule has 0 atom stereocenters. The molecule has 1 aliphatic heterocycles. The lowest BCUT2D eigenvalue weighted by Crippen LogP contribution is -2.48. The second-order valence-electron chi connectivity index (χ2n) is 8.81. The topological polar surface area (TPSA) is 86.8 Å². The molecule has 1 N–H and O–H groups in total. The molecule has 1 saturated heterocycles. The van der Waals surface area contributed by atoms with E-state index in [1.807, 2.05) is 55.1 Å². The van der Waals surface area contributed by atoms with E-state index < -0.39 is 21.5 Å². The third-order valence-corrected chi connectivity index (χ3v) is 7.72. The van der Waals surface area contributed by atoms with Crippen molar-refractivity contribution in [2.24, 2.45) is 0 Å². The number of nitrogens with zero attached hydrogens (tertiary/aromatic N) is 2. The SMILES string of the molecule is Cc1ccc(C(=O)N2CCN(c3ccc(NC(=O)CS(=O)(=O)c4ccc(C)cc4)cc3)CC2)cc1. The summed E-state index contributed by atoms with van der Waals surface area (Å²) < 4.78 is 25.0. The highest BCUT2D eigenvalue weighted by molar-refractivity contribution is 7.92. The number of anilines is 2. The van der Waals surface area contributed by atoms with E-state index in [1.165, 1.54) is 12.1 Å². The fourth-order valence-corrected chi connectivity index (χ4v) is 5.14. The number of amides is 2. The first-order valence-electron chi connectivity index (χ1n) is 11.5. The van der Waals surface area contributed by atoms with Gasteiger partial charge in [-0.05, 0) is 62.4 Å². The van der Waals surface area contributed by atoms with Crippen LogP contribution in [-0.4, -0.2) is 57.1 Å². The van der Waals surface area contributed by atoms with Crippen molar-refractivity contribution in [3.63, 3.8) is 0 Å². The molecule has 182 valence electrons. The van der Waals surface area contributed by atoms with Crippen LogP contribution in [0.5, 0.6) is 0 Å². The Kier molecular flexibility index (Phi) is 7.21. The number of carbonyl (C=O) groups excluding carboxylic acids is 2. The van der Waals surface area contributed by atoms with Crippen molar-refractivity contribution < 1.29 is 18.0 Å². The van der Waals surface area contributed by atoms with Crippen molar-refractivity contribution in [1.29, 1.82) is 0 Å². The molecule has 4 rings (SSSR count). The van der Waals surface area contributed by atoms with Crippen LogP contribution in [0.4, 0.5) is 11.4 Å². The Labute approximate surface area is 206 Å². The number of carbonyl (C=O) groups is 2. The van der Waals surface area contributed by atoms with Gasteiger partial charge in [0.15, 0.2) is 9.84 Å². The zero-order valence-electron chi connectivity index (χ0n) is 19.9. The standard InChI is InChI=1S/C27H29N3O4S/c1-20-3-7-22(8-4-20)27(32)30-17-15-29(16-18-30)24-11-9-23(10-12-24)28-26(31)19-35(33,34)25-13-5-21(2)6-14-25/h3-14H,15-19H2,1-2H3,(H,28,31). The van der Waals surface area contributed by atoms with Gasteiger partial charge in [-0.2, -0.15) is 0 Å². The summed E-state index contributed by atoms with van der Waals surface area (Å²) in [4.78, 5) is 29.3. The molecule has 0 aromatic heterocycles. The normalized spacial score (nSPS) is 14.0. The number of aryl methyl sites for hydroxylation is 2. The fraction of sp³-hybridized carbons (Fsp3) is 0.259. The van der Waals surface area contributed by atoms with Crippen LogP contribution >= 0.6 is 0 Å². The summed E-state index contributed by atoms with van der Waals surface area (Å²) in [6, 6.07) is 21.4. The van der Waals surface area contributed by atoms with Gasteiger partial charge in [-0.15, -0.1) is 0 Å². The van der Waals surface area contributed by atoms with Crippen molar-refractivity contribution in [3.05, 3.63) is 89.5 Å². The summed E-state index contributed by atoms with van der Waals surface area (Å²) >= 11 is 0. The monoisotopic (exact) mass is 491 g/mol. The van der Waals surface area contributed by atoms with E-state index in [9.17, 15) is 18.0 Å². The van der Waals surface area contributed by atoms with Crippen LogP contribution in [0.3, 0.4) is 0 Å². The molecule has 7 nitrogen and oxygen atoms in total. The quantitative estimate of drug-likeness (QED) is 0.569. The summed E-state index contributed by atoms with van der Waals surface area (Å²) in [7, 11) is -3.71. The first-order valence-corrected chi connectivity index (χ1v) is 13.2. The van der Waals surface area contributed by atoms with Gasteiger partial charge in [0.1, 0.15) is 5.75 Å². The number of hydrogen-bond donors (Lipinski definition) is 1. The highest BCUT2D eigenvalue weighted by Crippen LogP contribution is 2.21. The maximum absolute atomic E-state index is 12.7. The summed E-state index contributed by atoms with van der Waals surface area (Å²) in [5, 5.41) is 2.66. The van der Waals surface area contributed by atoms with E-state index in [2.05, 4.69) is 10.2 Å². The third kappa shape index (κ3) is 6.08. The average molecular weight is 492 g/mol. The number of piperazine rings is 1. The molecule has 35 heavy (non-hydrogen) atoms. The molecule has 3 aromatic carbocycles. The minimum Gasteiger partial charge on any atom is -0.368 e. The van der Waals surface area contributed by atoms with E-state index in [0.717, 1.165) is 16.8 Å². The fourth-order valence-electron chi connectivity index (χ4n) is 4.00. The average Bonchev–Trinajstić information content (AvgIpc) is 2.84. The summed E-state index contributed by atoms with van der Waals surface area (Å²) in [6.45, 7) is 6.54. The van der Waals surface area contributed by atoms with Gasteiger partial charge in [0.2, 0.25) is 5.91 Å². The molecule has 1 fully saturated rings. The van der Waals surface area contributed by atoms with Crippen molar-refractivity contribution in [1.82, 2.24) is 4.90 Å². The highest BCUT2D eigenvalue weighted by Gasteiger charge is 2.23. The Hall–Kier alpha value is -3.65. The van der Waals surface area contributed by atoms with E-state index in [1.54, 1.807) is 24.3 Å². The van der Waals surface area contributed by atoms with E-state index in [4.69, 9.17) is 0 Å². The summed E-state index contributed by atoms with van der Waals surface area (Å²) in [5.74, 6) is -1.15. The predicted octanol–water partition coefficient (Wildman–Crippen LogP) is 3.68. The molecule has 0 unspecified atom stereocenters. The van der Waals surface area contributed by atoms with Gasteiger partial charge in [-0.1, -0.05) is 35.4 Å². The van der Waals surface area contributed by atoms with Crippen LogP contribution in [0.1, 0.15) is 21.5 Å². The van der Waals surface area contributed by atoms with Gasteiger partial charge in [0, 0.05) is 43.1 Å². The molecule has 0 radical (unpaired) electrons. The van der Waals surface area contributed by atoms with Gasteiger partial charge in [-0.3, -0.25) is 9.59 Å². The molecule has 0 aliphatic carbocycles. The number of nitrogens with one attached hydrogen (secondary N) is 1. The molecule has 8 heteroatoms. The van der Waals surface area contributed by atoms with Crippen LogP contribution in [0.2, 0.25) is 0 Å². The first kappa shape index (κ1) is 24.5. The van der Waals surface area contributed by atoms with Gasteiger partial charge >= 0.3 is 0 Å². The van der Waals surface area contributed by atoms with E-state index in [-0.39, 0.29) is 10.8 Å². The molecule has 3 aromatic rings. The third-order valence-electron chi connectivity index (χ3n) is 6.08. The maximum atomic E-state index is 12.7. The minimum atomic E-state index is -3.71. The highest BCUT2D eigenvalue weighted by atomic mass is 32.2. The summed E-state index contributed by atoms with van der Waals surface area (Å²) in [5.41, 5.74) is 4.30. The lowest BCUT2D eigenvalue weighted by Gasteiger charge is -2.36. The Balaban J connectivity index is 1.30. The molecular weight excluding hydrogens is 462 g/mol. The maximum Gasteiger partial charge on any atom is 0.253 e. The Morgan fingerprint density at radius 1 is 0.771 bits per heavy atom. The largest absolute Gasteiger partial charge is 0.368 e. The molecule has 0 bridgehead atoms. The lowest BCUT2D eigenvalue weighted by molar-refractivity contribution is -0.113. The minimum absolute atomic E-state index is 0.0447. The van der Waals surface area contributed by atoms with Crippen LogP contribution in [0.25, 0.3) is 0 Å². The Morgan fingerprint density at radius 2 is 1.31 bits per heavy atom. The van der Waals surface area contributed by atoms with Crippen molar-refractivity contribution >= 4 is 33.0 Å². The zero-order valence-corrected chi connectivity index (χ0v) is 20.7. The Bertz CT molecular complexity index is 1290. The molecule has 1 heterocycles. The van der Waals surface area contributed by atoms with Gasteiger partial charge in [-0.25, -0.2) is 8.42 Å². The number of rotatable bonds is 6. The Morgan fingerprint density at radius 3 is 1.89 bits per heavy atom. The molecule has 0 saturated carbocycles. The second-order valence-corrected chi connectivity index (χ2v) is 10.8. The van der Waals surface area contributed by atoms with Crippen molar-refractivity contribution in [2.45, 2.75) is 18.7 Å². The van der Waals surface area contributed by atoms with Crippen LogP contribution in [0.15, 0.2) is 77.7 Å². The second kappa shape index (κ2) is 10.3. The van der Waals surface area contributed by atoms with Gasteiger partial charge < -0.3 is 15.1 Å². The number of hydrogen-bond acceptors (Lipinski definition) is 5. The number of sulfone groups is 1. The van der Waals surface area contributed by atoms with E-state index in [0.29, 0.717) is 37.4 Å². The van der Waals surface area contributed by atoms with Gasteiger partial charge in [0.05, 0.1) is 4.90 Å². The summed E-state index contributed by atoms with van der Waals surface area (Å²) in [6.07, 6.45) is 0. The smallest absolute Gasteiger partial charge is 0.253 e. The van der Waals surface area contributed by atoms with Crippen molar-refractivity contribution in [3.8, 4) is 0 Å². The zero-order chi connectivity index (χ0) is 25.0. The van der Waals surface area contributed by atoms with Crippen molar-refractivity contribution in [2.75, 3.05) is 42.1 Å². The van der Waals surface area contributed by atoms with E-state index >= 15 is 0 Å². The lowest BCUT2D eigenvalue weighted by atomic mass is 10.1.